The Hall–Kier alpha value is -1.74. The van der Waals surface area contributed by atoms with Gasteiger partial charge in [0.05, 0.1) is 7.11 Å². The van der Waals surface area contributed by atoms with E-state index in [0.29, 0.717) is 19.0 Å². The molecule has 0 N–H and O–H groups in total. The van der Waals surface area contributed by atoms with Gasteiger partial charge in [-0.2, -0.15) is 4.31 Å². The number of ether oxygens (including phenoxy) is 1. The molecule has 0 bridgehead atoms. The van der Waals surface area contributed by atoms with Gasteiger partial charge in [-0.1, -0.05) is 0 Å². The highest BCUT2D eigenvalue weighted by molar-refractivity contribution is 7.89. The van der Waals surface area contributed by atoms with E-state index >= 15 is 0 Å². The van der Waals surface area contributed by atoms with Gasteiger partial charge in [0.25, 0.3) is 0 Å². The molecule has 1 amide bonds. The van der Waals surface area contributed by atoms with Crippen molar-refractivity contribution in [3.05, 3.63) is 29.8 Å². The van der Waals surface area contributed by atoms with E-state index in [1.54, 1.807) is 0 Å². The first-order valence-corrected chi connectivity index (χ1v) is 8.08. The summed E-state index contributed by atoms with van der Waals surface area (Å²) in [6.07, 6.45) is -0.135. The largest absolute Gasteiger partial charge is 0.453 e. The first-order valence-electron chi connectivity index (χ1n) is 6.64. The zero-order valence-electron chi connectivity index (χ0n) is 12.0. The molecule has 0 radical (unpaired) electrons. The van der Waals surface area contributed by atoms with Crippen LogP contribution in [-0.2, 0) is 14.8 Å². The molecule has 2 rings (SSSR count). The second-order valence-corrected chi connectivity index (χ2v) is 6.70. The Morgan fingerprint density at radius 3 is 2.55 bits per heavy atom. The second-order valence-electron chi connectivity index (χ2n) is 4.79. The van der Waals surface area contributed by atoms with Gasteiger partial charge in [0, 0.05) is 32.2 Å². The number of halogens is 2. The Morgan fingerprint density at radius 2 is 1.91 bits per heavy atom. The van der Waals surface area contributed by atoms with Gasteiger partial charge in [-0.3, -0.25) is 0 Å². The number of benzene rings is 1. The van der Waals surface area contributed by atoms with E-state index in [0.717, 1.165) is 16.4 Å². The Morgan fingerprint density at radius 1 is 1.18 bits per heavy atom. The molecule has 122 valence electrons. The quantitative estimate of drug-likeness (QED) is 0.820. The average molecular weight is 334 g/mol. The molecule has 1 aromatic rings. The minimum absolute atomic E-state index is 0.0221. The summed E-state index contributed by atoms with van der Waals surface area (Å²) in [5, 5.41) is 0. The van der Waals surface area contributed by atoms with Gasteiger partial charge in [0.1, 0.15) is 16.5 Å². The summed E-state index contributed by atoms with van der Waals surface area (Å²) in [5.41, 5.74) is 0. The summed E-state index contributed by atoms with van der Waals surface area (Å²) in [4.78, 5) is 12.3. The summed E-state index contributed by atoms with van der Waals surface area (Å²) in [6.45, 7) is 0.667. The fourth-order valence-electron chi connectivity index (χ4n) is 2.27. The van der Waals surface area contributed by atoms with E-state index in [9.17, 15) is 22.0 Å². The van der Waals surface area contributed by atoms with Crippen LogP contribution in [0, 0.1) is 11.6 Å². The van der Waals surface area contributed by atoms with E-state index in [1.165, 1.54) is 12.0 Å². The zero-order chi connectivity index (χ0) is 16.3. The van der Waals surface area contributed by atoms with Gasteiger partial charge in [-0.05, 0) is 18.6 Å². The van der Waals surface area contributed by atoms with Crippen LogP contribution in [0.1, 0.15) is 6.42 Å². The number of hydrogen-bond acceptors (Lipinski definition) is 4. The van der Waals surface area contributed by atoms with Crippen LogP contribution in [-0.4, -0.2) is 57.0 Å². The third kappa shape index (κ3) is 3.36. The van der Waals surface area contributed by atoms with Crippen LogP contribution < -0.4 is 0 Å². The topological polar surface area (TPSA) is 66.9 Å². The summed E-state index contributed by atoms with van der Waals surface area (Å²) in [6, 6.07) is 2.34. The maximum absolute atomic E-state index is 13.7. The third-order valence-electron chi connectivity index (χ3n) is 3.40. The van der Waals surface area contributed by atoms with Gasteiger partial charge >= 0.3 is 6.09 Å². The fraction of sp³-hybridized carbons (Fsp3) is 0.462. The smallest absolute Gasteiger partial charge is 0.409 e. The summed E-state index contributed by atoms with van der Waals surface area (Å²) in [7, 11) is -2.83. The van der Waals surface area contributed by atoms with E-state index in [4.69, 9.17) is 0 Å². The third-order valence-corrected chi connectivity index (χ3v) is 5.33. The van der Waals surface area contributed by atoms with Gasteiger partial charge in [0.2, 0.25) is 10.0 Å². The van der Waals surface area contributed by atoms with Crippen molar-refractivity contribution in [3.8, 4) is 0 Å². The number of nitrogens with zero attached hydrogens (tertiary/aromatic N) is 2. The molecule has 1 heterocycles. The number of sulfonamides is 1. The standard InChI is InChI=1S/C13H16F2N2O4S/c1-21-13(18)16-5-2-6-17(8-7-16)22(19,20)12-4-3-10(14)9-11(12)15/h3-4,9H,2,5-8H2,1H3. The normalized spacial score (nSPS) is 17.1. The van der Waals surface area contributed by atoms with Crippen molar-refractivity contribution in [2.75, 3.05) is 33.3 Å². The van der Waals surface area contributed by atoms with Crippen molar-refractivity contribution in [3.63, 3.8) is 0 Å². The first-order chi connectivity index (χ1) is 10.4. The average Bonchev–Trinajstić information content (AvgIpc) is 2.72. The van der Waals surface area contributed by atoms with E-state index < -0.39 is 32.6 Å². The first kappa shape index (κ1) is 16.6. The van der Waals surface area contributed by atoms with Gasteiger partial charge in [-0.25, -0.2) is 22.0 Å². The summed E-state index contributed by atoms with van der Waals surface area (Å²) < 4.78 is 57.2. The lowest BCUT2D eigenvalue weighted by Gasteiger charge is -2.21. The molecule has 1 aliphatic rings. The van der Waals surface area contributed by atoms with Gasteiger partial charge < -0.3 is 9.64 Å². The molecule has 0 aliphatic carbocycles. The van der Waals surface area contributed by atoms with Crippen LogP contribution in [0.15, 0.2) is 23.1 Å². The zero-order valence-corrected chi connectivity index (χ0v) is 12.8. The maximum atomic E-state index is 13.7. The molecule has 0 saturated carbocycles. The number of carbonyl (C=O) groups excluding carboxylic acids is 1. The Kier molecular flexibility index (Phi) is 4.97. The number of amides is 1. The highest BCUT2D eigenvalue weighted by Crippen LogP contribution is 2.21. The predicted octanol–water partition coefficient (Wildman–Crippen LogP) is 1.43. The molecule has 1 aromatic carbocycles. The lowest BCUT2D eigenvalue weighted by atomic mass is 10.3. The van der Waals surface area contributed by atoms with Crippen molar-refractivity contribution in [1.82, 2.24) is 9.21 Å². The molecule has 0 aromatic heterocycles. The van der Waals surface area contributed by atoms with Crippen LogP contribution >= 0.6 is 0 Å². The molecule has 0 unspecified atom stereocenters. The van der Waals surface area contributed by atoms with Gasteiger partial charge in [-0.15, -0.1) is 0 Å². The van der Waals surface area contributed by atoms with Crippen LogP contribution in [0.25, 0.3) is 0 Å². The minimum Gasteiger partial charge on any atom is -0.453 e. The van der Waals surface area contributed by atoms with Crippen LogP contribution in [0.3, 0.4) is 0 Å². The van der Waals surface area contributed by atoms with Crippen molar-refractivity contribution in [2.45, 2.75) is 11.3 Å². The van der Waals surface area contributed by atoms with Crippen molar-refractivity contribution in [2.24, 2.45) is 0 Å². The summed E-state index contributed by atoms with van der Waals surface area (Å²) in [5.74, 6) is -1.97. The molecule has 22 heavy (non-hydrogen) atoms. The van der Waals surface area contributed by atoms with E-state index in [-0.39, 0.29) is 19.6 Å². The molecule has 1 saturated heterocycles. The molecule has 0 spiro atoms. The Bertz CT molecular complexity index is 666. The number of hydrogen-bond donors (Lipinski definition) is 0. The minimum atomic E-state index is -4.08. The molecule has 1 fully saturated rings. The van der Waals surface area contributed by atoms with E-state index in [2.05, 4.69) is 4.74 Å². The molecule has 9 heteroatoms. The van der Waals surface area contributed by atoms with Crippen molar-refractivity contribution >= 4 is 16.1 Å². The highest BCUT2D eigenvalue weighted by Gasteiger charge is 2.30. The van der Waals surface area contributed by atoms with Crippen molar-refractivity contribution < 1.29 is 26.7 Å². The van der Waals surface area contributed by atoms with Crippen molar-refractivity contribution in [1.29, 1.82) is 0 Å². The number of rotatable bonds is 2. The SMILES string of the molecule is COC(=O)N1CCCN(S(=O)(=O)c2ccc(F)cc2F)CC1. The highest BCUT2D eigenvalue weighted by atomic mass is 32.2. The van der Waals surface area contributed by atoms with Crippen LogP contribution in [0.2, 0.25) is 0 Å². The van der Waals surface area contributed by atoms with Crippen LogP contribution in [0.4, 0.5) is 13.6 Å². The lowest BCUT2D eigenvalue weighted by molar-refractivity contribution is 0.126. The van der Waals surface area contributed by atoms with E-state index in [1.807, 2.05) is 0 Å². The molecule has 1 aliphatic heterocycles. The van der Waals surface area contributed by atoms with Gasteiger partial charge in [0.15, 0.2) is 0 Å². The maximum Gasteiger partial charge on any atom is 0.409 e. The molecular formula is C13H16F2N2O4S. The predicted molar refractivity (Wildman–Crippen MR) is 73.7 cm³/mol. The fourth-order valence-corrected chi connectivity index (χ4v) is 3.78. The monoisotopic (exact) mass is 334 g/mol. The Balaban J connectivity index is 2.21. The number of methoxy groups -OCH3 is 1. The second kappa shape index (κ2) is 6.57. The summed E-state index contributed by atoms with van der Waals surface area (Å²) >= 11 is 0. The Labute approximate surface area is 127 Å². The molecule has 6 nitrogen and oxygen atoms in total. The molecule has 0 atom stereocenters. The molecular weight excluding hydrogens is 318 g/mol. The lowest BCUT2D eigenvalue weighted by Crippen LogP contribution is -2.37. The number of carbonyl (C=O) groups is 1. The van der Waals surface area contributed by atoms with Crippen LogP contribution in [0.5, 0.6) is 0 Å².